The van der Waals surface area contributed by atoms with Gasteiger partial charge in [0.2, 0.25) is 0 Å². The molecule has 1 fully saturated rings. The number of hydrogen-bond donors (Lipinski definition) is 0. The maximum absolute atomic E-state index is 12.2. The van der Waals surface area contributed by atoms with Gasteiger partial charge in [0.1, 0.15) is 12.3 Å². The molecule has 0 bridgehead atoms. The smallest absolute Gasteiger partial charge is 0.168 e. The lowest BCUT2D eigenvalue weighted by Gasteiger charge is -2.28. The van der Waals surface area contributed by atoms with Gasteiger partial charge in [-0.05, 0) is 0 Å². The molecule has 0 aromatic heterocycles. The average molecular weight is 174 g/mol. The zero-order chi connectivity index (χ0) is 8.59. The van der Waals surface area contributed by atoms with E-state index in [1.165, 1.54) is 0 Å². The van der Waals surface area contributed by atoms with E-state index in [0.29, 0.717) is 0 Å². The zero-order valence-electron chi connectivity index (χ0n) is 5.48. The molecule has 0 aliphatic heterocycles. The Morgan fingerprint density at radius 3 is 1.36 bits per heavy atom. The highest BCUT2D eigenvalue weighted by atomic mass is 19.2. The van der Waals surface area contributed by atoms with Gasteiger partial charge in [-0.15, -0.1) is 0 Å². The summed E-state index contributed by atoms with van der Waals surface area (Å²) in [5.74, 6) is 0. The fourth-order valence-corrected chi connectivity index (χ4v) is 1.05. The molecule has 0 N–H and O–H groups in total. The number of alkyl halides is 5. The molecule has 0 nitrogen and oxygen atoms in total. The van der Waals surface area contributed by atoms with Gasteiger partial charge in [0.05, 0.1) is 0 Å². The fourth-order valence-electron chi connectivity index (χ4n) is 1.05. The van der Waals surface area contributed by atoms with Crippen molar-refractivity contribution in [1.82, 2.24) is 0 Å². The third-order valence-corrected chi connectivity index (χ3v) is 1.75. The summed E-state index contributed by atoms with van der Waals surface area (Å²) in [5, 5.41) is 0. The predicted octanol–water partition coefficient (Wildman–Crippen LogP) is 2.08. The maximum atomic E-state index is 12.2. The van der Waals surface area contributed by atoms with Crippen LogP contribution in [0.15, 0.2) is 0 Å². The molecule has 0 heterocycles. The van der Waals surface area contributed by atoms with Crippen LogP contribution in [-0.2, 0) is 0 Å². The SMILES string of the molecule is F[C@H]1[C@@H](F)[C@@H](F)C[C@@H](F)[C@H]1F. The summed E-state index contributed by atoms with van der Waals surface area (Å²) in [6.07, 6.45) is -13.0. The van der Waals surface area contributed by atoms with Gasteiger partial charge < -0.3 is 0 Å². The molecule has 0 aromatic carbocycles. The molecule has 5 atom stereocenters. The lowest BCUT2D eigenvalue weighted by atomic mass is 9.92. The first-order valence-corrected chi connectivity index (χ1v) is 3.24. The van der Waals surface area contributed by atoms with Gasteiger partial charge >= 0.3 is 0 Å². The highest BCUT2D eigenvalue weighted by Gasteiger charge is 2.46. The van der Waals surface area contributed by atoms with Gasteiger partial charge in [0, 0.05) is 6.42 Å². The average Bonchev–Trinajstić information content (AvgIpc) is 1.97. The minimum absolute atomic E-state index is 0.886. The fraction of sp³-hybridized carbons (Fsp3) is 1.00. The Hall–Kier alpha value is -0.350. The van der Waals surface area contributed by atoms with Crippen molar-refractivity contribution < 1.29 is 22.0 Å². The van der Waals surface area contributed by atoms with Crippen LogP contribution in [0.25, 0.3) is 0 Å². The van der Waals surface area contributed by atoms with Gasteiger partial charge in [0.25, 0.3) is 0 Å². The van der Waals surface area contributed by atoms with Crippen molar-refractivity contribution in [2.45, 2.75) is 37.3 Å². The summed E-state index contributed by atoms with van der Waals surface area (Å²) in [6, 6.07) is 0. The van der Waals surface area contributed by atoms with Gasteiger partial charge in [0.15, 0.2) is 18.5 Å². The Labute approximate surface area is 60.4 Å². The van der Waals surface area contributed by atoms with Crippen molar-refractivity contribution in [1.29, 1.82) is 0 Å². The molecule has 0 aromatic rings. The second-order valence-corrected chi connectivity index (χ2v) is 2.60. The molecule has 11 heavy (non-hydrogen) atoms. The Kier molecular flexibility index (Phi) is 2.34. The largest absolute Gasteiger partial charge is 0.244 e. The van der Waals surface area contributed by atoms with Crippen LogP contribution in [0, 0.1) is 0 Å². The predicted molar refractivity (Wildman–Crippen MR) is 29.1 cm³/mol. The van der Waals surface area contributed by atoms with Crippen LogP contribution in [0.2, 0.25) is 0 Å². The van der Waals surface area contributed by atoms with E-state index >= 15 is 0 Å². The van der Waals surface area contributed by atoms with Crippen LogP contribution in [0.4, 0.5) is 22.0 Å². The minimum Gasteiger partial charge on any atom is -0.244 e. The normalized spacial score (nSPS) is 52.6. The first-order valence-electron chi connectivity index (χ1n) is 3.24. The molecule has 1 rings (SSSR count). The van der Waals surface area contributed by atoms with Crippen molar-refractivity contribution >= 4 is 0 Å². The number of hydrogen-bond acceptors (Lipinski definition) is 0. The van der Waals surface area contributed by atoms with Crippen molar-refractivity contribution in [2.75, 3.05) is 0 Å². The van der Waals surface area contributed by atoms with Crippen LogP contribution in [-0.4, -0.2) is 30.9 Å². The topological polar surface area (TPSA) is 0 Å². The standard InChI is InChI=1S/C6H7F5/c7-2-1-3(8)5(10)6(11)4(2)9/h2-6H,1H2/t2-,3+,4-,5+,6-. The van der Waals surface area contributed by atoms with E-state index in [-0.39, 0.29) is 0 Å². The zero-order valence-corrected chi connectivity index (χ0v) is 5.48. The molecule has 1 aliphatic carbocycles. The van der Waals surface area contributed by atoms with E-state index in [4.69, 9.17) is 0 Å². The molecular weight excluding hydrogens is 167 g/mol. The summed E-state index contributed by atoms with van der Waals surface area (Å²) in [7, 11) is 0. The second-order valence-electron chi connectivity index (χ2n) is 2.60. The van der Waals surface area contributed by atoms with Crippen LogP contribution in [0.1, 0.15) is 6.42 Å². The quantitative estimate of drug-likeness (QED) is 0.493. The molecule has 5 heteroatoms. The summed E-state index contributed by atoms with van der Waals surface area (Å²) in [4.78, 5) is 0. The summed E-state index contributed by atoms with van der Waals surface area (Å²) in [6.45, 7) is 0. The van der Waals surface area contributed by atoms with E-state index in [9.17, 15) is 22.0 Å². The Morgan fingerprint density at radius 1 is 0.636 bits per heavy atom. The van der Waals surface area contributed by atoms with E-state index in [2.05, 4.69) is 0 Å². The van der Waals surface area contributed by atoms with Crippen molar-refractivity contribution in [3.05, 3.63) is 0 Å². The van der Waals surface area contributed by atoms with Crippen LogP contribution in [0.3, 0.4) is 0 Å². The van der Waals surface area contributed by atoms with Crippen LogP contribution in [0.5, 0.6) is 0 Å². The summed E-state index contributed by atoms with van der Waals surface area (Å²) >= 11 is 0. The van der Waals surface area contributed by atoms with Crippen LogP contribution >= 0.6 is 0 Å². The van der Waals surface area contributed by atoms with Crippen molar-refractivity contribution in [2.24, 2.45) is 0 Å². The van der Waals surface area contributed by atoms with Crippen molar-refractivity contribution in [3.63, 3.8) is 0 Å². The molecule has 0 unspecified atom stereocenters. The van der Waals surface area contributed by atoms with Gasteiger partial charge in [-0.2, -0.15) is 0 Å². The molecule has 1 aliphatic rings. The lowest BCUT2D eigenvalue weighted by molar-refractivity contribution is -0.0506. The summed E-state index contributed by atoms with van der Waals surface area (Å²) < 4.78 is 61.2. The Morgan fingerprint density at radius 2 is 1.00 bits per heavy atom. The minimum atomic E-state index is -2.66. The molecular formula is C6H7F5. The molecule has 0 saturated heterocycles. The van der Waals surface area contributed by atoms with Crippen LogP contribution < -0.4 is 0 Å². The maximum Gasteiger partial charge on any atom is 0.168 e. The number of rotatable bonds is 0. The summed E-state index contributed by atoms with van der Waals surface area (Å²) in [5.41, 5.74) is 0. The van der Waals surface area contributed by atoms with Crippen molar-refractivity contribution in [3.8, 4) is 0 Å². The molecule has 66 valence electrons. The van der Waals surface area contributed by atoms with Gasteiger partial charge in [-0.3, -0.25) is 0 Å². The van der Waals surface area contributed by atoms with E-state index in [1.54, 1.807) is 0 Å². The molecule has 0 spiro atoms. The van der Waals surface area contributed by atoms with E-state index in [0.717, 1.165) is 0 Å². The lowest BCUT2D eigenvalue weighted by Crippen LogP contribution is -2.47. The highest BCUT2D eigenvalue weighted by molar-refractivity contribution is 4.93. The Bertz CT molecular complexity index is 125. The van der Waals surface area contributed by atoms with E-state index < -0.39 is 37.3 Å². The third-order valence-electron chi connectivity index (χ3n) is 1.75. The first kappa shape index (κ1) is 8.74. The van der Waals surface area contributed by atoms with E-state index in [1.807, 2.05) is 0 Å². The van der Waals surface area contributed by atoms with Gasteiger partial charge in [-0.1, -0.05) is 0 Å². The highest BCUT2D eigenvalue weighted by Crippen LogP contribution is 2.31. The Balaban J connectivity index is 2.63. The third kappa shape index (κ3) is 1.46. The molecule has 0 amide bonds. The monoisotopic (exact) mass is 174 g/mol. The molecule has 1 saturated carbocycles. The first-order chi connectivity index (χ1) is 5.04. The molecule has 0 radical (unpaired) electrons. The second kappa shape index (κ2) is 2.95. The number of halogens is 5. The van der Waals surface area contributed by atoms with Gasteiger partial charge in [-0.25, -0.2) is 22.0 Å².